The molecule has 0 aromatic carbocycles. The molecule has 0 atom stereocenters. The van der Waals surface area contributed by atoms with E-state index in [9.17, 15) is 0 Å². The van der Waals surface area contributed by atoms with E-state index in [0.717, 1.165) is 0 Å². The van der Waals surface area contributed by atoms with Gasteiger partial charge >= 0.3 is 0 Å². The summed E-state index contributed by atoms with van der Waals surface area (Å²) in [7, 11) is 0. The van der Waals surface area contributed by atoms with Crippen molar-refractivity contribution in [3.63, 3.8) is 0 Å². The Morgan fingerprint density at radius 1 is 1.45 bits per heavy atom. The van der Waals surface area contributed by atoms with E-state index in [1.54, 1.807) is 17.0 Å². The Bertz CT molecular complexity index is 202. The molecule has 0 spiro atoms. The molecule has 0 aliphatic carbocycles. The van der Waals surface area contributed by atoms with Gasteiger partial charge in [0.25, 0.3) is 0 Å². The van der Waals surface area contributed by atoms with Crippen molar-refractivity contribution in [1.82, 2.24) is 9.55 Å². The lowest BCUT2D eigenvalue weighted by Crippen LogP contribution is -2.05. The number of aliphatic hydroxyl groups is 2. The first-order valence-corrected chi connectivity index (χ1v) is 3.10. The van der Waals surface area contributed by atoms with E-state index in [1.807, 2.05) is 0 Å². The highest BCUT2D eigenvalue weighted by molar-refractivity contribution is 5.85. The number of hydrogen-bond acceptors (Lipinski definition) is 3. The molecule has 0 saturated heterocycles. The summed E-state index contributed by atoms with van der Waals surface area (Å²) < 4.78 is 1.71. The Kier molecular flexibility index (Phi) is 4.85. The van der Waals surface area contributed by atoms with Crippen LogP contribution in [0.2, 0.25) is 0 Å². The van der Waals surface area contributed by atoms with E-state index in [2.05, 4.69) is 4.98 Å². The molecule has 0 aliphatic heterocycles. The van der Waals surface area contributed by atoms with Crippen LogP contribution in [0.1, 0.15) is 5.82 Å². The fourth-order valence-electron chi connectivity index (χ4n) is 0.803. The van der Waals surface area contributed by atoms with Gasteiger partial charge in [0.2, 0.25) is 0 Å². The first-order valence-electron chi connectivity index (χ1n) is 3.10. The maximum Gasteiger partial charge on any atom is 0.134 e. The molecule has 1 rings (SSSR count). The number of halogens is 1. The minimum Gasteiger partial charge on any atom is -0.395 e. The van der Waals surface area contributed by atoms with Crippen LogP contribution in [0.15, 0.2) is 12.4 Å². The molecule has 1 aromatic heterocycles. The predicted molar refractivity (Wildman–Crippen MR) is 42.5 cm³/mol. The van der Waals surface area contributed by atoms with Gasteiger partial charge in [0, 0.05) is 18.9 Å². The Morgan fingerprint density at radius 3 is 2.73 bits per heavy atom. The maximum atomic E-state index is 8.67. The number of aromatic nitrogens is 2. The normalized spacial score (nSPS) is 9.27. The summed E-state index contributed by atoms with van der Waals surface area (Å²) in [6, 6.07) is 0. The van der Waals surface area contributed by atoms with Crippen LogP contribution in [-0.2, 0) is 13.2 Å². The van der Waals surface area contributed by atoms with Gasteiger partial charge in [-0.3, -0.25) is 0 Å². The van der Waals surface area contributed by atoms with Gasteiger partial charge in [0.05, 0.1) is 6.61 Å². The molecular weight excluding hydrogens is 168 g/mol. The molecule has 0 saturated carbocycles. The van der Waals surface area contributed by atoms with Gasteiger partial charge in [-0.2, -0.15) is 0 Å². The zero-order valence-electron chi connectivity index (χ0n) is 5.97. The molecule has 0 unspecified atom stereocenters. The van der Waals surface area contributed by atoms with Crippen LogP contribution in [0.25, 0.3) is 0 Å². The topological polar surface area (TPSA) is 58.3 Å². The van der Waals surface area contributed by atoms with Crippen molar-refractivity contribution in [2.45, 2.75) is 13.2 Å². The molecule has 4 nitrogen and oxygen atoms in total. The Balaban J connectivity index is 0.000001000. The van der Waals surface area contributed by atoms with E-state index >= 15 is 0 Å². The Labute approximate surface area is 70.9 Å². The van der Waals surface area contributed by atoms with Crippen LogP contribution >= 0.6 is 12.4 Å². The van der Waals surface area contributed by atoms with Gasteiger partial charge in [0.1, 0.15) is 12.4 Å². The minimum atomic E-state index is -0.0764. The van der Waals surface area contributed by atoms with E-state index < -0.39 is 0 Å². The molecule has 0 amide bonds. The Hall–Kier alpha value is -0.580. The van der Waals surface area contributed by atoms with Crippen molar-refractivity contribution in [1.29, 1.82) is 0 Å². The summed E-state index contributed by atoms with van der Waals surface area (Å²) in [6.45, 7) is 0.492. The van der Waals surface area contributed by atoms with E-state index in [0.29, 0.717) is 12.4 Å². The standard InChI is InChI=1S/C6H10N2O2.ClH/c9-4-3-8-2-1-7-6(8)5-10;/h1-2,9-10H,3-5H2;1H. The second-order valence-electron chi connectivity index (χ2n) is 1.92. The average Bonchev–Trinajstić information content (AvgIpc) is 2.36. The van der Waals surface area contributed by atoms with Crippen molar-refractivity contribution in [3.05, 3.63) is 18.2 Å². The molecule has 0 radical (unpaired) electrons. The van der Waals surface area contributed by atoms with Crippen LogP contribution < -0.4 is 0 Å². The zero-order valence-corrected chi connectivity index (χ0v) is 6.79. The lowest BCUT2D eigenvalue weighted by molar-refractivity contribution is 0.247. The van der Waals surface area contributed by atoms with Crippen molar-refractivity contribution in [2.75, 3.05) is 6.61 Å². The summed E-state index contributed by atoms with van der Waals surface area (Å²) in [6.07, 6.45) is 3.32. The van der Waals surface area contributed by atoms with Gasteiger partial charge < -0.3 is 14.8 Å². The molecule has 0 fully saturated rings. The zero-order chi connectivity index (χ0) is 7.40. The second-order valence-corrected chi connectivity index (χ2v) is 1.92. The maximum absolute atomic E-state index is 8.67. The number of hydrogen-bond donors (Lipinski definition) is 2. The lowest BCUT2D eigenvalue weighted by Gasteiger charge is -2.01. The van der Waals surface area contributed by atoms with Crippen molar-refractivity contribution in [3.8, 4) is 0 Å². The van der Waals surface area contributed by atoms with Crippen molar-refractivity contribution < 1.29 is 10.2 Å². The number of imidazole rings is 1. The van der Waals surface area contributed by atoms with Crippen LogP contribution in [-0.4, -0.2) is 26.4 Å². The van der Waals surface area contributed by atoms with Gasteiger partial charge in [-0.15, -0.1) is 12.4 Å². The van der Waals surface area contributed by atoms with Crippen LogP contribution in [0, 0.1) is 0 Å². The molecule has 64 valence electrons. The van der Waals surface area contributed by atoms with E-state index in [-0.39, 0.29) is 25.6 Å². The third kappa shape index (κ3) is 2.49. The average molecular weight is 179 g/mol. The predicted octanol–water partition coefficient (Wildman–Crippen LogP) is -0.211. The quantitative estimate of drug-likeness (QED) is 0.674. The van der Waals surface area contributed by atoms with Gasteiger partial charge in [-0.05, 0) is 0 Å². The molecule has 2 N–H and O–H groups in total. The number of aliphatic hydroxyl groups excluding tert-OH is 2. The fraction of sp³-hybridized carbons (Fsp3) is 0.500. The molecule has 0 aliphatic rings. The minimum absolute atomic E-state index is 0. The van der Waals surface area contributed by atoms with Crippen molar-refractivity contribution in [2.24, 2.45) is 0 Å². The highest BCUT2D eigenvalue weighted by Gasteiger charge is 1.97. The molecule has 1 aromatic rings. The molecular formula is C6H11ClN2O2. The molecule has 5 heteroatoms. The monoisotopic (exact) mass is 178 g/mol. The second kappa shape index (κ2) is 5.12. The Morgan fingerprint density at radius 2 is 2.18 bits per heavy atom. The molecule has 11 heavy (non-hydrogen) atoms. The highest BCUT2D eigenvalue weighted by Crippen LogP contribution is 1.95. The number of rotatable bonds is 3. The highest BCUT2D eigenvalue weighted by atomic mass is 35.5. The SMILES string of the molecule is Cl.OCCn1ccnc1CO. The largest absolute Gasteiger partial charge is 0.395 e. The number of nitrogens with zero attached hydrogens (tertiary/aromatic N) is 2. The first-order chi connectivity index (χ1) is 4.88. The van der Waals surface area contributed by atoms with Gasteiger partial charge in [-0.1, -0.05) is 0 Å². The summed E-state index contributed by atoms with van der Waals surface area (Å²) in [4.78, 5) is 3.86. The molecule has 1 heterocycles. The lowest BCUT2D eigenvalue weighted by atomic mass is 10.6. The molecule has 0 bridgehead atoms. The van der Waals surface area contributed by atoms with E-state index in [4.69, 9.17) is 10.2 Å². The van der Waals surface area contributed by atoms with Crippen molar-refractivity contribution >= 4 is 12.4 Å². The summed E-state index contributed by atoms with van der Waals surface area (Å²) in [5.41, 5.74) is 0. The first kappa shape index (κ1) is 10.4. The third-order valence-electron chi connectivity index (χ3n) is 1.28. The fourth-order valence-corrected chi connectivity index (χ4v) is 0.803. The van der Waals surface area contributed by atoms with Gasteiger partial charge in [-0.25, -0.2) is 4.98 Å². The van der Waals surface area contributed by atoms with Crippen LogP contribution in [0.5, 0.6) is 0 Å². The van der Waals surface area contributed by atoms with E-state index in [1.165, 1.54) is 0 Å². The van der Waals surface area contributed by atoms with Gasteiger partial charge in [0.15, 0.2) is 0 Å². The summed E-state index contributed by atoms with van der Waals surface area (Å²) in [5.74, 6) is 0.592. The van der Waals surface area contributed by atoms with Crippen LogP contribution in [0.3, 0.4) is 0 Å². The summed E-state index contributed by atoms with van der Waals surface area (Å²) >= 11 is 0. The van der Waals surface area contributed by atoms with Crippen LogP contribution in [0.4, 0.5) is 0 Å². The third-order valence-corrected chi connectivity index (χ3v) is 1.28. The summed E-state index contributed by atoms with van der Waals surface area (Å²) in [5, 5.41) is 17.2. The smallest absolute Gasteiger partial charge is 0.134 e.